The summed E-state index contributed by atoms with van der Waals surface area (Å²) in [6.07, 6.45) is 4.28. The second-order valence-corrected chi connectivity index (χ2v) is 7.29. The average Bonchev–Trinajstić information content (AvgIpc) is 2.75. The molecule has 1 fully saturated rings. The number of likely N-dealkylation sites (tertiary alicyclic amines) is 1. The van der Waals surface area contributed by atoms with Gasteiger partial charge in [0.05, 0.1) is 6.26 Å². The van der Waals surface area contributed by atoms with E-state index in [9.17, 15) is 8.42 Å². The molecule has 1 saturated heterocycles. The highest BCUT2D eigenvalue weighted by Crippen LogP contribution is 2.13. The van der Waals surface area contributed by atoms with E-state index in [1.807, 2.05) is 18.2 Å². The van der Waals surface area contributed by atoms with Crippen LogP contribution in [0.3, 0.4) is 0 Å². The predicted molar refractivity (Wildman–Crippen MR) is 82.9 cm³/mol. The van der Waals surface area contributed by atoms with Crippen LogP contribution in [0.5, 0.6) is 0 Å². The lowest BCUT2D eigenvalue weighted by molar-refractivity contribution is 0.361. The minimum atomic E-state index is -3.10. The molecule has 0 saturated carbocycles. The first kappa shape index (κ1) is 15.2. The summed E-state index contributed by atoms with van der Waals surface area (Å²) in [6, 6.07) is 10.3. The fourth-order valence-electron chi connectivity index (χ4n) is 2.61. The van der Waals surface area contributed by atoms with Crippen LogP contribution in [0.25, 0.3) is 6.08 Å². The number of sulfonamides is 1. The van der Waals surface area contributed by atoms with Crippen molar-refractivity contribution in [2.75, 3.05) is 25.9 Å². The third-order valence-electron chi connectivity index (χ3n) is 3.34. The Hall–Kier alpha value is -1.17. The Balaban J connectivity index is 1.87. The topological polar surface area (TPSA) is 49.4 Å². The van der Waals surface area contributed by atoms with E-state index in [4.69, 9.17) is 0 Å². The van der Waals surface area contributed by atoms with E-state index in [0.29, 0.717) is 0 Å². The Morgan fingerprint density at radius 1 is 1.40 bits per heavy atom. The minimum absolute atomic E-state index is 0.0505. The van der Waals surface area contributed by atoms with Crippen LogP contribution in [0.15, 0.2) is 35.9 Å². The van der Waals surface area contributed by atoms with Gasteiger partial charge in [0, 0.05) is 25.7 Å². The lowest BCUT2D eigenvalue weighted by atomic mass is 10.1. The van der Waals surface area contributed by atoms with E-state index in [1.54, 1.807) is 0 Å². The van der Waals surface area contributed by atoms with Gasteiger partial charge in [-0.05, 0) is 18.9 Å². The number of rotatable bonds is 5. The third-order valence-corrected chi connectivity index (χ3v) is 4.10. The van der Waals surface area contributed by atoms with Gasteiger partial charge in [-0.2, -0.15) is 0 Å². The first-order valence-corrected chi connectivity index (χ1v) is 8.73. The van der Waals surface area contributed by atoms with Gasteiger partial charge < -0.3 is 0 Å². The Labute approximate surface area is 121 Å². The van der Waals surface area contributed by atoms with Gasteiger partial charge in [-0.1, -0.05) is 42.0 Å². The SMILES string of the molecule is C/C(=C\c1ccccc1)CN1CC[C@H](NS(C)(=O)=O)C1. The molecule has 1 aromatic carbocycles. The molecule has 0 spiro atoms. The fourth-order valence-corrected chi connectivity index (χ4v) is 3.41. The highest BCUT2D eigenvalue weighted by molar-refractivity contribution is 7.88. The standard InChI is InChI=1S/C15H22N2O2S/c1-13(10-14-6-4-3-5-7-14)11-17-9-8-15(12-17)16-20(2,18)19/h3-7,10,15-16H,8-9,11-12H2,1-2H3/b13-10+/t15-/m0/s1. The van der Waals surface area contributed by atoms with E-state index >= 15 is 0 Å². The molecule has 5 heteroatoms. The van der Waals surface area contributed by atoms with Crippen LogP contribution in [-0.4, -0.2) is 45.2 Å². The van der Waals surface area contributed by atoms with Gasteiger partial charge in [-0.3, -0.25) is 4.90 Å². The second kappa shape index (κ2) is 6.52. The van der Waals surface area contributed by atoms with Crippen LogP contribution in [0.4, 0.5) is 0 Å². The predicted octanol–water partition coefficient (Wildman–Crippen LogP) is 1.71. The number of benzene rings is 1. The molecule has 0 unspecified atom stereocenters. The number of hydrogen-bond acceptors (Lipinski definition) is 3. The van der Waals surface area contributed by atoms with E-state index < -0.39 is 10.0 Å². The summed E-state index contributed by atoms with van der Waals surface area (Å²) in [5.74, 6) is 0. The molecule has 2 rings (SSSR count). The van der Waals surface area contributed by atoms with Crippen molar-refractivity contribution in [2.45, 2.75) is 19.4 Å². The first-order valence-electron chi connectivity index (χ1n) is 6.84. The number of hydrogen-bond donors (Lipinski definition) is 1. The molecule has 0 radical (unpaired) electrons. The van der Waals surface area contributed by atoms with Crippen molar-refractivity contribution in [3.63, 3.8) is 0 Å². The van der Waals surface area contributed by atoms with Crippen LogP contribution in [-0.2, 0) is 10.0 Å². The largest absolute Gasteiger partial charge is 0.298 e. The van der Waals surface area contributed by atoms with Gasteiger partial charge in [0.25, 0.3) is 0 Å². The second-order valence-electron chi connectivity index (χ2n) is 5.51. The third kappa shape index (κ3) is 5.07. The molecule has 1 aromatic rings. The van der Waals surface area contributed by atoms with Crippen LogP contribution in [0.1, 0.15) is 18.9 Å². The van der Waals surface area contributed by atoms with E-state index in [-0.39, 0.29) is 6.04 Å². The highest BCUT2D eigenvalue weighted by atomic mass is 32.2. The van der Waals surface area contributed by atoms with Gasteiger partial charge >= 0.3 is 0 Å². The van der Waals surface area contributed by atoms with Crippen molar-refractivity contribution in [3.05, 3.63) is 41.5 Å². The first-order chi connectivity index (χ1) is 9.42. The minimum Gasteiger partial charge on any atom is -0.298 e. The molecule has 0 bridgehead atoms. The lowest BCUT2D eigenvalue weighted by Gasteiger charge is -2.16. The fraction of sp³-hybridized carbons (Fsp3) is 0.467. The zero-order valence-electron chi connectivity index (χ0n) is 12.0. The summed E-state index contributed by atoms with van der Waals surface area (Å²) in [4.78, 5) is 2.29. The molecular formula is C15H22N2O2S. The van der Waals surface area contributed by atoms with E-state index in [1.165, 1.54) is 17.4 Å². The summed E-state index contributed by atoms with van der Waals surface area (Å²) in [6.45, 7) is 4.72. The maximum atomic E-state index is 11.2. The van der Waals surface area contributed by atoms with Crippen molar-refractivity contribution >= 4 is 16.1 Å². The van der Waals surface area contributed by atoms with Crippen LogP contribution >= 0.6 is 0 Å². The number of nitrogens with zero attached hydrogens (tertiary/aromatic N) is 1. The number of nitrogens with one attached hydrogen (secondary N) is 1. The monoisotopic (exact) mass is 294 g/mol. The van der Waals surface area contributed by atoms with Crippen molar-refractivity contribution in [2.24, 2.45) is 0 Å². The molecule has 110 valence electrons. The normalized spacial score (nSPS) is 21.3. The van der Waals surface area contributed by atoms with E-state index in [0.717, 1.165) is 26.1 Å². The molecule has 1 N–H and O–H groups in total. The molecule has 20 heavy (non-hydrogen) atoms. The van der Waals surface area contributed by atoms with E-state index in [2.05, 4.69) is 34.8 Å². The molecule has 0 aromatic heterocycles. The maximum Gasteiger partial charge on any atom is 0.208 e. The van der Waals surface area contributed by atoms with Crippen LogP contribution < -0.4 is 4.72 Å². The molecule has 1 aliphatic rings. The Morgan fingerprint density at radius 3 is 2.75 bits per heavy atom. The van der Waals surface area contributed by atoms with Crippen LogP contribution in [0, 0.1) is 0 Å². The molecule has 1 atom stereocenters. The zero-order chi connectivity index (χ0) is 14.6. The maximum absolute atomic E-state index is 11.2. The van der Waals surface area contributed by atoms with Crippen molar-refractivity contribution < 1.29 is 8.42 Å². The summed E-state index contributed by atoms with van der Waals surface area (Å²) in [5.41, 5.74) is 2.49. The zero-order valence-corrected chi connectivity index (χ0v) is 12.9. The van der Waals surface area contributed by atoms with Gasteiger partial charge in [0.15, 0.2) is 0 Å². The summed E-state index contributed by atoms with van der Waals surface area (Å²) >= 11 is 0. The summed E-state index contributed by atoms with van der Waals surface area (Å²) in [7, 11) is -3.10. The van der Waals surface area contributed by atoms with Gasteiger partial charge in [0.1, 0.15) is 0 Å². The quantitative estimate of drug-likeness (QED) is 0.899. The molecule has 4 nitrogen and oxygen atoms in total. The highest BCUT2D eigenvalue weighted by Gasteiger charge is 2.24. The van der Waals surface area contributed by atoms with Crippen molar-refractivity contribution in [3.8, 4) is 0 Å². The van der Waals surface area contributed by atoms with Gasteiger partial charge in [-0.15, -0.1) is 0 Å². The Bertz CT molecular complexity index is 567. The van der Waals surface area contributed by atoms with Crippen molar-refractivity contribution in [1.29, 1.82) is 0 Å². The molecule has 1 heterocycles. The molecule has 0 aliphatic carbocycles. The Kier molecular flexibility index (Phi) is 4.96. The summed E-state index contributed by atoms with van der Waals surface area (Å²) in [5, 5.41) is 0. The van der Waals surface area contributed by atoms with Gasteiger partial charge in [0.2, 0.25) is 10.0 Å². The van der Waals surface area contributed by atoms with Crippen molar-refractivity contribution in [1.82, 2.24) is 9.62 Å². The van der Waals surface area contributed by atoms with Crippen LogP contribution in [0.2, 0.25) is 0 Å². The molecular weight excluding hydrogens is 272 g/mol. The Morgan fingerprint density at radius 2 is 2.10 bits per heavy atom. The average molecular weight is 294 g/mol. The lowest BCUT2D eigenvalue weighted by Crippen LogP contribution is -2.36. The smallest absolute Gasteiger partial charge is 0.208 e. The van der Waals surface area contributed by atoms with Gasteiger partial charge in [-0.25, -0.2) is 13.1 Å². The molecule has 1 aliphatic heterocycles. The summed E-state index contributed by atoms with van der Waals surface area (Å²) < 4.78 is 25.1. The molecule has 0 amide bonds.